The van der Waals surface area contributed by atoms with E-state index in [1.165, 1.54) is 0 Å². The molecule has 5 nitrogen and oxygen atoms in total. The molecule has 96 valence electrons. The van der Waals surface area contributed by atoms with Crippen LogP contribution in [0.4, 0.5) is 16.2 Å². The minimum absolute atomic E-state index is 0.160. The fourth-order valence-corrected chi connectivity index (χ4v) is 1.56. The van der Waals surface area contributed by atoms with E-state index >= 15 is 0 Å². The second-order valence-corrected chi connectivity index (χ2v) is 4.65. The number of anilines is 2. The summed E-state index contributed by atoms with van der Waals surface area (Å²) in [6, 6.07) is 0.160. The lowest BCUT2D eigenvalue weighted by atomic mass is 10.2. The van der Waals surface area contributed by atoms with Crippen molar-refractivity contribution in [2.45, 2.75) is 33.7 Å². The third kappa shape index (κ3) is 3.52. The first-order chi connectivity index (χ1) is 7.95. The Bertz CT molecular complexity index is 367. The van der Waals surface area contributed by atoms with Gasteiger partial charge in [-0.1, -0.05) is 13.8 Å². The van der Waals surface area contributed by atoms with Crippen molar-refractivity contribution in [1.82, 2.24) is 9.97 Å². The van der Waals surface area contributed by atoms with Crippen molar-refractivity contribution in [2.24, 2.45) is 11.8 Å². The van der Waals surface area contributed by atoms with Gasteiger partial charge in [0.2, 0.25) is 5.95 Å². The van der Waals surface area contributed by atoms with E-state index in [2.05, 4.69) is 29.2 Å². The molecule has 0 saturated carbocycles. The van der Waals surface area contributed by atoms with Crippen molar-refractivity contribution < 1.29 is 4.39 Å². The predicted molar refractivity (Wildman–Crippen MR) is 67.1 cm³/mol. The van der Waals surface area contributed by atoms with Crippen LogP contribution in [-0.4, -0.2) is 22.6 Å². The Balaban J connectivity index is 3.08. The van der Waals surface area contributed by atoms with Crippen LogP contribution in [0.2, 0.25) is 0 Å². The minimum atomic E-state index is -0.432. The second-order valence-electron chi connectivity index (χ2n) is 4.65. The molecule has 0 fully saturated rings. The molecule has 0 radical (unpaired) electrons. The normalized spacial score (nSPS) is 11.1. The molecule has 0 aromatic carbocycles. The molecule has 0 saturated heterocycles. The third-order valence-corrected chi connectivity index (χ3v) is 2.31. The van der Waals surface area contributed by atoms with Crippen molar-refractivity contribution in [1.29, 1.82) is 0 Å². The lowest BCUT2D eigenvalue weighted by molar-refractivity contribution is 0.539. The average molecular weight is 241 g/mol. The van der Waals surface area contributed by atoms with Crippen LogP contribution < -0.4 is 16.2 Å². The quantitative estimate of drug-likeness (QED) is 0.607. The fraction of sp³-hybridized carbons (Fsp3) is 0.636. The zero-order valence-corrected chi connectivity index (χ0v) is 10.7. The van der Waals surface area contributed by atoms with Gasteiger partial charge in [0.15, 0.2) is 11.6 Å². The lowest BCUT2D eigenvalue weighted by Crippen LogP contribution is -2.35. The van der Waals surface area contributed by atoms with Gasteiger partial charge in [0, 0.05) is 12.6 Å². The van der Waals surface area contributed by atoms with E-state index in [4.69, 9.17) is 5.84 Å². The molecule has 0 aliphatic carbocycles. The van der Waals surface area contributed by atoms with E-state index in [1.54, 1.807) is 0 Å². The summed E-state index contributed by atoms with van der Waals surface area (Å²) >= 11 is 0. The van der Waals surface area contributed by atoms with Crippen molar-refractivity contribution >= 4 is 11.8 Å². The van der Waals surface area contributed by atoms with E-state index < -0.39 is 5.82 Å². The third-order valence-electron chi connectivity index (χ3n) is 2.31. The highest BCUT2D eigenvalue weighted by Gasteiger charge is 2.18. The maximum absolute atomic E-state index is 13.7. The smallest absolute Gasteiger partial charge is 0.239 e. The Morgan fingerprint density at radius 3 is 2.53 bits per heavy atom. The van der Waals surface area contributed by atoms with Crippen LogP contribution in [0.5, 0.6) is 0 Å². The van der Waals surface area contributed by atoms with Gasteiger partial charge in [-0.2, -0.15) is 4.98 Å². The van der Waals surface area contributed by atoms with Crippen molar-refractivity contribution in [3.63, 3.8) is 0 Å². The molecule has 0 unspecified atom stereocenters. The summed E-state index contributed by atoms with van der Waals surface area (Å²) < 4.78 is 13.7. The number of hydrogen-bond donors (Lipinski definition) is 2. The number of nitrogens with two attached hydrogens (primary N) is 1. The molecule has 6 heteroatoms. The molecule has 0 bridgehead atoms. The van der Waals surface area contributed by atoms with Gasteiger partial charge < -0.3 is 4.90 Å². The number of hydrogen-bond acceptors (Lipinski definition) is 5. The molecule has 1 rings (SSSR count). The molecule has 1 aromatic rings. The molecule has 0 amide bonds. The lowest BCUT2D eigenvalue weighted by Gasteiger charge is -2.29. The molecule has 0 aliphatic heterocycles. The number of nitrogens with one attached hydrogen (secondary N) is 1. The fourth-order valence-electron chi connectivity index (χ4n) is 1.56. The summed E-state index contributed by atoms with van der Waals surface area (Å²) in [4.78, 5) is 9.70. The Kier molecular flexibility index (Phi) is 4.62. The monoisotopic (exact) mass is 241 g/mol. The van der Waals surface area contributed by atoms with Crippen LogP contribution in [0, 0.1) is 11.7 Å². The summed E-state index contributed by atoms with van der Waals surface area (Å²) in [5.41, 5.74) is 2.33. The molecule has 17 heavy (non-hydrogen) atoms. The van der Waals surface area contributed by atoms with E-state index in [0.29, 0.717) is 5.92 Å². The van der Waals surface area contributed by atoms with Gasteiger partial charge in [0.1, 0.15) is 0 Å². The van der Waals surface area contributed by atoms with Gasteiger partial charge in [-0.15, -0.1) is 0 Å². The van der Waals surface area contributed by atoms with E-state index in [-0.39, 0.29) is 17.8 Å². The number of halogens is 1. The van der Waals surface area contributed by atoms with Crippen LogP contribution in [0.15, 0.2) is 6.20 Å². The van der Waals surface area contributed by atoms with Crippen molar-refractivity contribution in [2.75, 3.05) is 16.9 Å². The van der Waals surface area contributed by atoms with Crippen LogP contribution in [0.25, 0.3) is 0 Å². The summed E-state index contributed by atoms with van der Waals surface area (Å²) in [6.45, 7) is 8.89. The SMILES string of the molecule is CC(C)CN(c1nc(NN)ncc1F)C(C)C. The molecule has 0 spiro atoms. The van der Waals surface area contributed by atoms with Gasteiger partial charge in [-0.05, 0) is 19.8 Å². The van der Waals surface area contributed by atoms with Crippen LogP contribution in [0.3, 0.4) is 0 Å². The van der Waals surface area contributed by atoms with Crippen LogP contribution >= 0.6 is 0 Å². The minimum Gasteiger partial charge on any atom is -0.351 e. The molecule has 1 aromatic heterocycles. The molecule has 0 atom stereocenters. The number of nitrogens with zero attached hydrogens (tertiary/aromatic N) is 3. The van der Waals surface area contributed by atoms with Gasteiger partial charge in [0.05, 0.1) is 6.20 Å². The average Bonchev–Trinajstić information content (AvgIpc) is 2.26. The largest absolute Gasteiger partial charge is 0.351 e. The van der Waals surface area contributed by atoms with Crippen molar-refractivity contribution in [3.05, 3.63) is 12.0 Å². The van der Waals surface area contributed by atoms with Gasteiger partial charge in [0.25, 0.3) is 0 Å². The topological polar surface area (TPSA) is 67.1 Å². The summed E-state index contributed by atoms with van der Waals surface area (Å²) in [7, 11) is 0. The highest BCUT2D eigenvalue weighted by Crippen LogP contribution is 2.20. The van der Waals surface area contributed by atoms with Crippen LogP contribution in [0.1, 0.15) is 27.7 Å². The number of aromatic nitrogens is 2. The Labute approximate surface area is 101 Å². The second kappa shape index (κ2) is 5.77. The van der Waals surface area contributed by atoms with Gasteiger partial charge in [-0.3, -0.25) is 5.43 Å². The Morgan fingerprint density at radius 2 is 2.06 bits per heavy atom. The Hall–Kier alpha value is -1.43. The standard InChI is InChI=1S/C11H20FN5/c1-7(2)6-17(8(3)4)10-9(12)5-14-11(15-10)16-13/h5,7-8H,6,13H2,1-4H3,(H,14,15,16). The predicted octanol–water partition coefficient (Wildman–Crippen LogP) is 1.77. The molecule has 1 heterocycles. The molecule has 0 aliphatic rings. The van der Waals surface area contributed by atoms with E-state index in [0.717, 1.165) is 12.7 Å². The van der Waals surface area contributed by atoms with E-state index in [1.807, 2.05) is 18.7 Å². The van der Waals surface area contributed by atoms with Gasteiger partial charge in [-0.25, -0.2) is 15.2 Å². The summed E-state index contributed by atoms with van der Waals surface area (Å²) in [6.07, 6.45) is 1.13. The maximum atomic E-state index is 13.7. The Morgan fingerprint density at radius 1 is 1.41 bits per heavy atom. The molecular weight excluding hydrogens is 221 g/mol. The first-order valence-corrected chi connectivity index (χ1v) is 5.71. The number of nitrogen functional groups attached to an aromatic ring is 1. The molecular formula is C11H20FN5. The number of rotatable bonds is 5. The first-order valence-electron chi connectivity index (χ1n) is 5.71. The van der Waals surface area contributed by atoms with Crippen molar-refractivity contribution in [3.8, 4) is 0 Å². The molecule has 3 N–H and O–H groups in total. The van der Waals surface area contributed by atoms with Crippen LogP contribution in [-0.2, 0) is 0 Å². The number of hydrazine groups is 1. The zero-order chi connectivity index (χ0) is 13.0. The maximum Gasteiger partial charge on any atom is 0.239 e. The zero-order valence-electron chi connectivity index (χ0n) is 10.7. The van der Waals surface area contributed by atoms with E-state index in [9.17, 15) is 4.39 Å². The highest BCUT2D eigenvalue weighted by atomic mass is 19.1. The highest BCUT2D eigenvalue weighted by molar-refractivity contribution is 5.44. The summed E-state index contributed by atoms with van der Waals surface area (Å²) in [5.74, 6) is 5.72. The first kappa shape index (κ1) is 13.6. The van der Waals surface area contributed by atoms with Gasteiger partial charge >= 0.3 is 0 Å². The summed E-state index contributed by atoms with van der Waals surface area (Å²) in [5, 5.41) is 0.